The van der Waals surface area contributed by atoms with Crippen LogP contribution in [0.5, 0.6) is 5.75 Å². The summed E-state index contributed by atoms with van der Waals surface area (Å²) in [6.07, 6.45) is 0.766. The highest BCUT2D eigenvalue weighted by Crippen LogP contribution is 2.31. The molecule has 1 aromatic carbocycles. The van der Waals surface area contributed by atoms with E-state index in [1.165, 1.54) is 11.1 Å². The van der Waals surface area contributed by atoms with E-state index in [2.05, 4.69) is 38.2 Å². The second-order valence-corrected chi connectivity index (χ2v) is 4.57. The largest absolute Gasteiger partial charge is 0.496 e. The number of benzene rings is 1. The van der Waals surface area contributed by atoms with E-state index in [9.17, 15) is 0 Å². The fourth-order valence-electron chi connectivity index (χ4n) is 1.82. The van der Waals surface area contributed by atoms with Gasteiger partial charge in [0.25, 0.3) is 0 Å². The maximum absolute atomic E-state index is 8.78. The van der Waals surface area contributed by atoms with Crippen molar-refractivity contribution in [1.82, 2.24) is 0 Å². The number of rotatable bonds is 6. The summed E-state index contributed by atoms with van der Waals surface area (Å²) in [5, 5.41) is 12.1. The van der Waals surface area contributed by atoms with Gasteiger partial charge in [0, 0.05) is 18.8 Å². The number of ether oxygens (including phenoxy) is 1. The van der Waals surface area contributed by atoms with Gasteiger partial charge in [-0.05, 0) is 42.5 Å². The Hall–Kier alpha value is -1.22. The van der Waals surface area contributed by atoms with Crippen LogP contribution in [0.1, 0.15) is 37.3 Å². The maximum atomic E-state index is 8.78. The van der Waals surface area contributed by atoms with Crippen LogP contribution in [0, 0.1) is 6.92 Å². The van der Waals surface area contributed by atoms with Crippen LogP contribution in [0.4, 0.5) is 5.69 Å². The van der Waals surface area contributed by atoms with Crippen LogP contribution in [0.3, 0.4) is 0 Å². The Morgan fingerprint density at radius 3 is 2.59 bits per heavy atom. The molecule has 1 rings (SSSR count). The van der Waals surface area contributed by atoms with Crippen LogP contribution in [0.2, 0.25) is 0 Å². The van der Waals surface area contributed by atoms with Crippen molar-refractivity contribution in [2.75, 3.05) is 25.6 Å². The zero-order valence-electron chi connectivity index (χ0n) is 11.2. The van der Waals surface area contributed by atoms with E-state index < -0.39 is 0 Å². The first-order chi connectivity index (χ1) is 8.10. The molecular formula is C14H23NO2. The molecular weight excluding hydrogens is 214 g/mol. The number of hydrogen-bond acceptors (Lipinski definition) is 3. The van der Waals surface area contributed by atoms with E-state index in [0.717, 1.165) is 24.4 Å². The lowest BCUT2D eigenvalue weighted by atomic mass is 9.99. The molecule has 0 saturated carbocycles. The first-order valence-electron chi connectivity index (χ1n) is 6.13. The third-order valence-electron chi connectivity index (χ3n) is 2.85. The molecule has 0 aromatic heterocycles. The van der Waals surface area contributed by atoms with Crippen LogP contribution in [0.25, 0.3) is 0 Å². The second kappa shape index (κ2) is 6.50. The molecule has 0 heterocycles. The summed E-state index contributed by atoms with van der Waals surface area (Å²) in [5.74, 6) is 1.38. The zero-order chi connectivity index (χ0) is 12.8. The lowest BCUT2D eigenvalue weighted by molar-refractivity contribution is 0.292. The minimum atomic E-state index is 0.221. The van der Waals surface area contributed by atoms with Crippen LogP contribution in [-0.2, 0) is 0 Å². The molecule has 0 radical (unpaired) electrons. The summed E-state index contributed by atoms with van der Waals surface area (Å²) in [4.78, 5) is 0. The van der Waals surface area contributed by atoms with Crippen molar-refractivity contribution in [3.05, 3.63) is 23.3 Å². The topological polar surface area (TPSA) is 41.5 Å². The molecule has 0 atom stereocenters. The molecule has 0 aliphatic heterocycles. The minimum absolute atomic E-state index is 0.221. The highest BCUT2D eigenvalue weighted by Gasteiger charge is 2.10. The van der Waals surface area contributed by atoms with Gasteiger partial charge in [0.05, 0.1) is 7.11 Å². The van der Waals surface area contributed by atoms with Crippen LogP contribution in [0.15, 0.2) is 12.1 Å². The molecule has 0 aliphatic rings. The molecule has 0 fully saturated rings. The van der Waals surface area contributed by atoms with E-state index in [-0.39, 0.29) is 6.61 Å². The van der Waals surface area contributed by atoms with Gasteiger partial charge >= 0.3 is 0 Å². The average molecular weight is 237 g/mol. The summed E-state index contributed by atoms with van der Waals surface area (Å²) >= 11 is 0. The van der Waals surface area contributed by atoms with E-state index >= 15 is 0 Å². The Morgan fingerprint density at radius 1 is 1.35 bits per heavy atom. The Bertz CT molecular complexity index is 361. The lowest BCUT2D eigenvalue weighted by Gasteiger charge is -2.17. The number of anilines is 1. The Balaban J connectivity index is 2.94. The Morgan fingerprint density at radius 2 is 2.06 bits per heavy atom. The smallest absolute Gasteiger partial charge is 0.122 e. The number of methoxy groups -OCH3 is 1. The minimum Gasteiger partial charge on any atom is -0.496 e. The van der Waals surface area contributed by atoms with E-state index in [0.29, 0.717) is 5.92 Å². The summed E-state index contributed by atoms with van der Waals surface area (Å²) in [7, 11) is 1.71. The Labute approximate surface area is 104 Å². The third kappa shape index (κ3) is 3.63. The number of aryl methyl sites for hydroxylation is 1. The van der Waals surface area contributed by atoms with Crippen LogP contribution < -0.4 is 10.1 Å². The standard InChI is InChI=1S/C14H23NO2/c1-10(2)12-9-13(15-6-5-7-16)11(3)8-14(12)17-4/h8-10,15-16H,5-7H2,1-4H3. The number of nitrogens with one attached hydrogen (secondary N) is 1. The van der Waals surface area contributed by atoms with Gasteiger partial charge in [-0.2, -0.15) is 0 Å². The molecule has 0 unspecified atom stereocenters. The fraction of sp³-hybridized carbons (Fsp3) is 0.571. The van der Waals surface area contributed by atoms with Gasteiger partial charge < -0.3 is 15.2 Å². The molecule has 1 aromatic rings. The van der Waals surface area contributed by atoms with E-state index in [4.69, 9.17) is 9.84 Å². The summed E-state index contributed by atoms with van der Waals surface area (Å²) in [5.41, 5.74) is 3.51. The SMILES string of the molecule is COc1cc(C)c(NCCCO)cc1C(C)C. The van der Waals surface area contributed by atoms with Crippen molar-refractivity contribution in [1.29, 1.82) is 0 Å². The fourth-order valence-corrected chi connectivity index (χ4v) is 1.82. The van der Waals surface area contributed by atoms with Crippen molar-refractivity contribution in [2.45, 2.75) is 33.1 Å². The van der Waals surface area contributed by atoms with E-state index in [1.807, 2.05) is 0 Å². The molecule has 0 bridgehead atoms. The predicted octanol–water partition coefficient (Wildman–Crippen LogP) is 2.92. The van der Waals surface area contributed by atoms with Gasteiger partial charge in [-0.15, -0.1) is 0 Å². The first kappa shape index (κ1) is 13.8. The first-order valence-corrected chi connectivity index (χ1v) is 6.13. The van der Waals surface area contributed by atoms with Crippen LogP contribution >= 0.6 is 0 Å². The van der Waals surface area contributed by atoms with Gasteiger partial charge in [0.15, 0.2) is 0 Å². The quantitative estimate of drug-likeness (QED) is 0.747. The maximum Gasteiger partial charge on any atom is 0.122 e. The number of aliphatic hydroxyl groups excluding tert-OH is 1. The molecule has 3 nitrogen and oxygen atoms in total. The molecule has 0 saturated heterocycles. The molecule has 17 heavy (non-hydrogen) atoms. The second-order valence-electron chi connectivity index (χ2n) is 4.57. The van der Waals surface area contributed by atoms with Gasteiger partial charge in [-0.3, -0.25) is 0 Å². The van der Waals surface area contributed by atoms with Crippen molar-refractivity contribution in [3.63, 3.8) is 0 Å². The molecule has 0 spiro atoms. The van der Waals surface area contributed by atoms with E-state index in [1.54, 1.807) is 7.11 Å². The normalized spacial score (nSPS) is 10.7. The lowest BCUT2D eigenvalue weighted by Crippen LogP contribution is -2.06. The average Bonchev–Trinajstić information content (AvgIpc) is 2.30. The van der Waals surface area contributed by atoms with Crippen LogP contribution in [-0.4, -0.2) is 25.4 Å². The van der Waals surface area contributed by atoms with Crippen molar-refractivity contribution in [3.8, 4) is 5.75 Å². The molecule has 0 amide bonds. The van der Waals surface area contributed by atoms with Gasteiger partial charge in [-0.25, -0.2) is 0 Å². The van der Waals surface area contributed by atoms with Crippen molar-refractivity contribution in [2.24, 2.45) is 0 Å². The third-order valence-corrected chi connectivity index (χ3v) is 2.85. The number of aliphatic hydroxyl groups is 1. The summed E-state index contributed by atoms with van der Waals surface area (Å²) in [6, 6.07) is 4.22. The van der Waals surface area contributed by atoms with Crippen molar-refractivity contribution < 1.29 is 9.84 Å². The summed E-state index contributed by atoms with van der Waals surface area (Å²) in [6.45, 7) is 7.39. The molecule has 96 valence electrons. The summed E-state index contributed by atoms with van der Waals surface area (Å²) < 4.78 is 5.40. The molecule has 0 aliphatic carbocycles. The number of hydrogen-bond donors (Lipinski definition) is 2. The molecule has 2 N–H and O–H groups in total. The Kier molecular flexibility index (Phi) is 5.29. The predicted molar refractivity (Wildman–Crippen MR) is 72.0 cm³/mol. The van der Waals surface area contributed by atoms with Gasteiger partial charge in [-0.1, -0.05) is 13.8 Å². The van der Waals surface area contributed by atoms with Crippen molar-refractivity contribution >= 4 is 5.69 Å². The highest BCUT2D eigenvalue weighted by molar-refractivity contribution is 5.58. The van der Waals surface area contributed by atoms with Gasteiger partial charge in [0.1, 0.15) is 5.75 Å². The van der Waals surface area contributed by atoms with Gasteiger partial charge in [0.2, 0.25) is 0 Å². The monoisotopic (exact) mass is 237 g/mol. The molecule has 3 heteroatoms. The highest BCUT2D eigenvalue weighted by atomic mass is 16.5. The zero-order valence-corrected chi connectivity index (χ0v) is 11.2.